The number of imidazole rings is 1. The number of phenols is 1. The van der Waals surface area contributed by atoms with Crippen LogP contribution in [0.5, 0.6) is 5.75 Å². The molecule has 0 aliphatic carbocycles. The van der Waals surface area contributed by atoms with Crippen LogP contribution in [0.3, 0.4) is 0 Å². The van der Waals surface area contributed by atoms with E-state index in [0.717, 1.165) is 24.5 Å². The first-order valence-electron chi connectivity index (χ1n) is 5.31. The summed E-state index contributed by atoms with van der Waals surface area (Å²) in [5.74, 6) is 0.282. The number of anilines is 1. The van der Waals surface area contributed by atoms with E-state index in [2.05, 4.69) is 21.8 Å². The fraction of sp³-hybridized carbons (Fsp3) is 0.250. The van der Waals surface area contributed by atoms with Crippen molar-refractivity contribution >= 4 is 5.69 Å². The van der Waals surface area contributed by atoms with Crippen molar-refractivity contribution in [2.24, 2.45) is 0 Å². The second-order valence-corrected chi connectivity index (χ2v) is 3.57. The van der Waals surface area contributed by atoms with E-state index >= 15 is 0 Å². The van der Waals surface area contributed by atoms with Gasteiger partial charge in [-0.2, -0.15) is 0 Å². The van der Waals surface area contributed by atoms with Crippen LogP contribution in [0.2, 0.25) is 0 Å². The minimum absolute atomic E-state index is 0.282. The number of benzene rings is 1. The molecule has 16 heavy (non-hydrogen) atoms. The molecule has 0 bridgehead atoms. The van der Waals surface area contributed by atoms with E-state index in [9.17, 15) is 0 Å². The molecule has 2 aromatic rings. The normalized spacial score (nSPS) is 10.3. The number of aromatic nitrogens is 2. The van der Waals surface area contributed by atoms with Crippen molar-refractivity contribution in [1.82, 2.24) is 9.55 Å². The van der Waals surface area contributed by atoms with Crippen molar-refractivity contribution in [3.63, 3.8) is 0 Å². The van der Waals surface area contributed by atoms with E-state index in [1.54, 1.807) is 12.1 Å². The maximum absolute atomic E-state index is 9.15. The van der Waals surface area contributed by atoms with Gasteiger partial charge in [0.1, 0.15) is 5.75 Å². The zero-order valence-corrected chi connectivity index (χ0v) is 9.22. The Morgan fingerprint density at radius 1 is 1.31 bits per heavy atom. The van der Waals surface area contributed by atoms with Gasteiger partial charge in [0, 0.05) is 18.4 Å². The summed E-state index contributed by atoms with van der Waals surface area (Å²) in [6.45, 7) is 3.75. The summed E-state index contributed by atoms with van der Waals surface area (Å²) in [5.41, 5.74) is 2.14. The Bertz CT molecular complexity index is 448. The predicted molar refractivity (Wildman–Crippen MR) is 63.3 cm³/mol. The summed E-state index contributed by atoms with van der Waals surface area (Å²) < 4.78 is 2.09. The van der Waals surface area contributed by atoms with Crippen LogP contribution in [0.1, 0.15) is 12.6 Å². The van der Waals surface area contributed by atoms with E-state index in [1.807, 2.05) is 24.7 Å². The number of hydrogen-bond donors (Lipinski definition) is 2. The van der Waals surface area contributed by atoms with Gasteiger partial charge in [0.15, 0.2) is 0 Å². The second kappa shape index (κ2) is 4.70. The maximum atomic E-state index is 9.15. The number of nitrogens with zero attached hydrogens (tertiary/aromatic N) is 2. The largest absolute Gasteiger partial charge is 0.508 e. The third-order valence-corrected chi connectivity index (χ3v) is 2.48. The molecule has 0 saturated heterocycles. The Hall–Kier alpha value is -1.97. The predicted octanol–water partition coefficient (Wildman–Crippen LogP) is 2.22. The number of nitrogens with one attached hydrogen (secondary N) is 1. The van der Waals surface area contributed by atoms with Crippen LogP contribution in [0.25, 0.3) is 0 Å². The van der Waals surface area contributed by atoms with Crippen LogP contribution in [-0.4, -0.2) is 14.7 Å². The number of hydrogen-bond acceptors (Lipinski definition) is 3. The van der Waals surface area contributed by atoms with Gasteiger partial charge in [-0.3, -0.25) is 0 Å². The summed E-state index contributed by atoms with van der Waals surface area (Å²) in [5, 5.41) is 12.4. The molecule has 2 N–H and O–H groups in total. The monoisotopic (exact) mass is 217 g/mol. The van der Waals surface area contributed by atoms with E-state index in [0.29, 0.717) is 0 Å². The molecule has 4 nitrogen and oxygen atoms in total. The Kier molecular flexibility index (Phi) is 3.10. The zero-order chi connectivity index (χ0) is 11.4. The molecule has 84 valence electrons. The average Bonchev–Trinajstić information content (AvgIpc) is 2.76. The molecule has 0 unspecified atom stereocenters. The average molecular weight is 217 g/mol. The molecule has 0 atom stereocenters. The molecule has 0 saturated carbocycles. The third kappa shape index (κ3) is 2.34. The summed E-state index contributed by atoms with van der Waals surface area (Å²) in [6.07, 6.45) is 3.69. The van der Waals surface area contributed by atoms with Crippen molar-refractivity contribution in [2.75, 3.05) is 5.32 Å². The van der Waals surface area contributed by atoms with Crippen molar-refractivity contribution in [1.29, 1.82) is 0 Å². The minimum atomic E-state index is 0.282. The van der Waals surface area contributed by atoms with Gasteiger partial charge in [0.05, 0.1) is 18.6 Å². The van der Waals surface area contributed by atoms with Gasteiger partial charge >= 0.3 is 0 Å². The number of rotatable bonds is 4. The molecule has 1 heterocycles. The third-order valence-electron chi connectivity index (χ3n) is 2.48. The lowest BCUT2D eigenvalue weighted by molar-refractivity contribution is 0.475. The molecule has 1 aromatic carbocycles. The van der Waals surface area contributed by atoms with Gasteiger partial charge in [-0.1, -0.05) is 0 Å². The summed E-state index contributed by atoms with van der Waals surface area (Å²) in [4.78, 5) is 4.10. The highest BCUT2D eigenvalue weighted by Crippen LogP contribution is 2.14. The molecule has 0 amide bonds. The van der Waals surface area contributed by atoms with E-state index in [1.165, 1.54) is 0 Å². The number of phenolic OH excluding ortho intramolecular Hbond substituents is 1. The highest BCUT2D eigenvalue weighted by Gasteiger charge is 1.99. The van der Waals surface area contributed by atoms with E-state index < -0.39 is 0 Å². The lowest BCUT2D eigenvalue weighted by Gasteiger charge is -2.08. The van der Waals surface area contributed by atoms with Gasteiger partial charge in [-0.25, -0.2) is 4.98 Å². The fourth-order valence-electron chi connectivity index (χ4n) is 1.55. The van der Waals surface area contributed by atoms with Crippen molar-refractivity contribution in [2.45, 2.75) is 20.0 Å². The minimum Gasteiger partial charge on any atom is -0.508 e. The Labute approximate surface area is 94.6 Å². The fourth-order valence-corrected chi connectivity index (χ4v) is 1.55. The summed E-state index contributed by atoms with van der Waals surface area (Å²) in [7, 11) is 0. The maximum Gasteiger partial charge on any atom is 0.115 e. The molecule has 0 spiro atoms. The number of aromatic hydroxyl groups is 1. The summed E-state index contributed by atoms with van der Waals surface area (Å²) in [6, 6.07) is 7.03. The molecular weight excluding hydrogens is 202 g/mol. The number of aryl methyl sites for hydroxylation is 1. The van der Waals surface area contributed by atoms with E-state index in [-0.39, 0.29) is 5.75 Å². The van der Waals surface area contributed by atoms with Crippen LogP contribution in [0.15, 0.2) is 36.8 Å². The Balaban J connectivity index is 1.99. The van der Waals surface area contributed by atoms with Gasteiger partial charge in [-0.05, 0) is 31.2 Å². The Morgan fingerprint density at radius 3 is 2.75 bits per heavy atom. The van der Waals surface area contributed by atoms with Crippen LogP contribution in [0.4, 0.5) is 5.69 Å². The van der Waals surface area contributed by atoms with Crippen molar-refractivity contribution in [3.05, 3.63) is 42.5 Å². The van der Waals surface area contributed by atoms with Gasteiger partial charge in [0.2, 0.25) is 0 Å². The van der Waals surface area contributed by atoms with Crippen LogP contribution in [-0.2, 0) is 13.1 Å². The highest BCUT2D eigenvalue weighted by molar-refractivity contribution is 5.46. The lowest BCUT2D eigenvalue weighted by Crippen LogP contribution is -2.05. The lowest BCUT2D eigenvalue weighted by atomic mass is 10.3. The van der Waals surface area contributed by atoms with Gasteiger partial charge in [0.25, 0.3) is 0 Å². The van der Waals surface area contributed by atoms with E-state index in [4.69, 9.17) is 5.11 Å². The van der Waals surface area contributed by atoms with Gasteiger partial charge in [-0.15, -0.1) is 0 Å². The van der Waals surface area contributed by atoms with Crippen LogP contribution in [0, 0.1) is 0 Å². The van der Waals surface area contributed by atoms with Crippen LogP contribution >= 0.6 is 0 Å². The smallest absolute Gasteiger partial charge is 0.115 e. The van der Waals surface area contributed by atoms with Crippen LogP contribution < -0.4 is 5.32 Å². The quantitative estimate of drug-likeness (QED) is 0.772. The first-order valence-corrected chi connectivity index (χ1v) is 5.31. The summed E-state index contributed by atoms with van der Waals surface area (Å²) >= 11 is 0. The molecule has 0 aliphatic rings. The van der Waals surface area contributed by atoms with Crippen molar-refractivity contribution in [3.8, 4) is 5.75 Å². The standard InChI is InChI=1S/C12H15N3O/c1-2-15-9-13-7-11(15)8-14-10-3-5-12(16)6-4-10/h3-7,9,14,16H,2,8H2,1H3. The molecular formula is C12H15N3O. The molecule has 2 rings (SSSR count). The molecule has 1 aromatic heterocycles. The zero-order valence-electron chi connectivity index (χ0n) is 9.22. The topological polar surface area (TPSA) is 50.1 Å². The van der Waals surface area contributed by atoms with Crippen molar-refractivity contribution < 1.29 is 5.11 Å². The van der Waals surface area contributed by atoms with Gasteiger partial charge < -0.3 is 15.0 Å². The molecule has 4 heteroatoms. The molecule has 0 radical (unpaired) electrons. The first-order chi connectivity index (χ1) is 7.79. The highest BCUT2D eigenvalue weighted by atomic mass is 16.3. The molecule has 0 aliphatic heterocycles. The molecule has 0 fully saturated rings. The SMILES string of the molecule is CCn1cncc1CNc1ccc(O)cc1. The second-order valence-electron chi connectivity index (χ2n) is 3.57. The first kappa shape index (κ1) is 10.5. The Morgan fingerprint density at radius 2 is 2.06 bits per heavy atom.